The number of hydrogen-bond acceptors (Lipinski definition) is 7. The molecule has 2 heterocycles. The van der Waals surface area contributed by atoms with E-state index >= 15 is 0 Å². The number of thiol groups is 1. The SMILES string of the molecule is N#Cc1ccc(C(S)c2nc3ccc(N(c4ccc5ncccc5c4)S(=O)[O-])cc3s2)cc1. The maximum atomic E-state index is 12.2. The van der Waals surface area contributed by atoms with E-state index in [1.165, 1.54) is 15.6 Å². The Morgan fingerprint density at radius 2 is 1.76 bits per heavy atom. The van der Waals surface area contributed by atoms with Gasteiger partial charge < -0.3 is 4.55 Å². The van der Waals surface area contributed by atoms with Crippen molar-refractivity contribution in [3.8, 4) is 6.07 Å². The molecule has 0 saturated carbocycles. The Labute approximate surface area is 202 Å². The van der Waals surface area contributed by atoms with E-state index in [1.54, 1.807) is 42.6 Å². The van der Waals surface area contributed by atoms with Gasteiger partial charge in [-0.25, -0.2) is 4.98 Å². The number of nitriles is 1. The molecule has 0 aliphatic carbocycles. The monoisotopic (exact) mass is 487 g/mol. The molecule has 0 amide bonds. The van der Waals surface area contributed by atoms with Gasteiger partial charge in [-0.1, -0.05) is 18.2 Å². The lowest BCUT2D eigenvalue weighted by atomic mass is 10.1. The third-order valence-electron chi connectivity index (χ3n) is 5.18. The largest absolute Gasteiger partial charge is 0.755 e. The Morgan fingerprint density at radius 3 is 2.48 bits per heavy atom. The first-order chi connectivity index (χ1) is 16.0. The number of benzene rings is 3. The first-order valence-electron chi connectivity index (χ1n) is 9.86. The summed E-state index contributed by atoms with van der Waals surface area (Å²) in [6, 6.07) is 23.8. The van der Waals surface area contributed by atoms with Crippen LogP contribution in [0.25, 0.3) is 21.1 Å². The van der Waals surface area contributed by atoms with E-state index in [-0.39, 0.29) is 5.25 Å². The van der Waals surface area contributed by atoms with Crippen LogP contribution in [0.3, 0.4) is 0 Å². The van der Waals surface area contributed by atoms with Crippen molar-refractivity contribution in [1.29, 1.82) is 5.26 Å². The molecule has 5 aromatic rings. The summed E-state index contributed by atoms with van der Waals surface area (Å²) in [4.78, 5) is 8.98. The summed E-state index contributed by atoms with van der Waals surface area (Å²) >= 11 is 3.66. The molecule has 0 N–H and O–H groups in total. The highest BCUT2D eigenvalue weighted by atomic mass is 32.2. The van der Waals surface area contributed by atoms with E-state index < -0.39 is 11.3 Å². The van der Waals surface area contributed by atoms with Crippen LogP contribution >= 0.6 is 24.0 Å². The summed E-state index contributed by atoms with van der Waals surface area (Å²) in [5, 5.41) is 10.4. The Hall–Kier alpha value is -3.29. The van der Waals surface area contributed by atoms with Gasteiger partial charge in [0, 0.05) is 11.6 Å². The molecule has 2 unspecified atom stereocenters. The summed E-state index contributed by atoms with van der Waals surface area (Å²) in [7, 11) is 0. The van der Waals surface area contributed by atoms with Gasteiger partial charge >= 0.3 is 0 Å². The first-order valence-corrected chi connectivity index (χ1v) is 12.2. The quantitative estimate of drug-likeness (QED) is 0.255. The number of hydrogen-bond donors (Lipinski definition) is 1. The average molecular weight is 488 g/mol. The first kappa shape index (κ1) is 21.6. The molecule has 6 nitrogen and oxygen atoms in total. The lowest BCUT2D eigenvalue weighted by Crippen LogP contribution is -2.19. The Morgan fingerprint density at radius 1 is 1.03 bits per heavy atom. The Kier molecular flexibility index (Phi) is 5.83. The summed E-state index contributed by atoms with van der Waals surface area (Å²) < 4.78 is 26.5. The lowest BCUT2D eigenvalue weighted by Gasteiger charge is -2.26. The lowest BCUT2D eigenvalue weighted by molar-refractivity contribution is 0.537. The van der Waals surface area contributed by atoms with Crippen molar-refractivity contribution in [1.82, 2.24) is 9.97 Å². The standard InChI is InChI=1S/C24H16N4O2S3/c25-14-15-3-5-16(6-4-15)23(31)24-27-21-10-8-19(13-22(21)32-24)28(33(29)30)18-7-9-20-17(12-18)2-1-11-26-20/h1-13,23,31H,(H,29,30)/p-1. The van der Waals surface area contributed by atoms with Crippen LogP contribution in [0.2, 0.25) is 0 Å². The molecule has 0 aliphatic heterocycles. The van der Waals surface area contributed by atoms with Gasteiger partial charge in [-0.3, -0.25) is 13.5 Å². The summed E-state index contributed by atoms with van der Waals surface area (Å²) in [5.41, 5.74) is 4.13. The minimum absolute atomic E-state index is 0.253. The van der Waals surface area contributed by atoms with Gasteiger partial charge in [0.1, 0.15) is 5.01 Å². The van der Waals surface area contributed by atoms with Gasteiger partial charge in [0.15, 0.2) is 0 Å². The van der Waals surface area contributed by atoms with Gasteiger partial charge in [0.2, 0.25) is 0 Å². The summed E-state index contributed by atoms with van der Waals surface area (Å²) in [6.45, 7) is 0. The molecule has 0 radical (unpaired) electrons. The Balaban J connectivity index is 1.52. The molecule has 2 atom stereocenters. The number of thiazole rings is 1. The van der Waals surface area contributed by atoms with Crippen LogP contribution in [0.15, 0.2) is 79.0 Å². The topological polar surface area (TPSA) is 92.9 Å². The van der Waals surface area contributed by atoms with E-state index in [4.69, 9.17) is 17.9 Å². The van der Waals surface area contributed by atoms with Crippen LogP contribution in [0, 0.1) is 11.3 Å². The zero-order chi connectivity index (χ0) is 22.9. The van der Waals surface area contributed by atoms with Gasteiger partial charge in [-0.05, 0) is 60.2 Å². The molecule has 5 rings (SSSR count). The van der Waals surface area contributed by atoms with Crippen molar-refractivity contribution in [3.63, 3.8) is 0 Å². The van der Waals surface area contributed by atoms with E-state index in [0.29, 0.717) is 16.9 Å². The molecule has 0 saturated heterocycles. The van der Waals surface area contributed by atoms with Crippen molar-refractivity contribution in [3.05, 3.63) is 95.1 Å². The van der Waals surface area contributed by atoms with Gasteiger partial charge in [0.25, 0.3) is 0 Å². The Bertz CT molecular complexity index is 1540. The van der Waals surface area contributed by atoms with Crippen molar-refractivity contribution < 1.29 is 8.76 Å². The molecular formula is C24H15N4O2S3-. The summed E-state index contributed by atoms with van der Waals surface area (Å²) in [5.74, 6) is 0. The zero-order valence-corrected chi connectivity index (χ0v) is 19.5. The van der Waals surface area contributed by atoms with Crippen LogP contribution in [-0.2, 0) is 11.3 Å². The molecule has 0 spiro atoms. The van der Waals surface area contributed by atoms with E-state index in [1.807, 2.05) is 36.4 Å². The molecule has 0 bridgehead atoms. The van der Waals surface area contributed by atoms with E-state index in [0.717, 1.165) is 31.7 Å². The maximum Gasteiger partial charge on any atom is 0.111 e. The number of anilines is 2. The van der Waals surface area contributed by atoms with Crippen LogP contribution in [-0.4, -0.2) is 18.7 Å². The number of rotatable bonds is 5. The van der Waals surface area contributed by atoms with E-state index in [9.17, 15) is 8.76 Å². The van der Waals surface area contributed by atoms with E-state index in [2.05, 4.69) is 16.0 Å². The second-order valence-electron chi connectivity index (χ2n) is 7.23. The number of nitrogens with zero attached hydrogens (tertiary/aromatic N) is 4. The highest BCUT2D eigenvalue weighted by Crippen LogP contribution is 2.37. The van der Waals surface area contributed by atoms with Crippen molar-refractivity contribution >= 4 is 67.7 Å². The van der Waals surface area contributed by atoms with Gasteiger partial charge in [-0.15, -0.1) is 11.3 Å². The molecule has 0 aliphatic rings. The van der Waals surface area contributed by atoms with Crippen LogP contribution < -0.4 is 4.31 Å². The molecule has 9 heteroatoms. The molecule has 2 aromatic heterocycles. The van der Waals surface area contributed by atoms with Crippen molar-refractivity contribution in [2.24, 2.45) is 0 Å². The predicted octanol–water partition coefficient (Wildman–Crippen LogP) is 5.67. The van der Waals surface area contributed by atoms with Crippen molar-refractivity contribution in [2.45, 2.75) is 5.25 Å². The number of pyridine rings is 1. The summed E-state index contributed by atoms with van der Waals surface area (Å²) in [6.07, 6.45) is 1.70. The van der Waals surface area contributed by atoms with Crippen LogP contribution in [0.5, 0.6) is 0 Å². The van der Waals surface area contributed by atoms with Crippen LogP contribution in [0.1, 0.15) is 21.4 Å². The fraction of sp³-hybridized carbons (Fsp3) is 0.0417. The third kappa shape index (κ3) is 4.21. The minimum atomic E-state index is -2.52. The molecular weight excluding hydrogens is 472 g/mol. The highest BCUT2D eigenvalue weighted by molar-refractivity contribution is 7.81. The number of aromatic nitrogens is 2. The highest BCUT2D eigenvalue weighted by Gasteiger charge is 2.17. The second kappa shape index (κ2) is 8.92. The molecule has 0 fully saturated rings. The van der Waals surface area contributed by atoms with Crippen molar-refractivity contribution in [2.75, 3.05) is 4.31 Å². The molecule has 33 heavy (non-hydrogen) atoms. The van der Waals surface area contributed by atoms with Gasteiger partial charge in [-0.2, -0.15) is 17.9 Å². The fourth-order valence-corrected chi connectivity index (χ4v) is 5.54. The minimum Gasteiger partial charge on any atom is -0.755 e. The van der Waals surface area contributed by atoms with Crippen LogP contribution in [0.4, 0.5) is 11.4 Å². The smallest absolute Gasteiger partial charge is 0.111 e. The molecule has 162 valence electrons. The second-order valence-corrected chi connectivity index (χ2v) is 9.61. The molecule has 3 aromatic carbocycles. The maximum absolute atomic E-state index is 12.2. The zero-order valence-electron chi connectivity index (χ0n) is 17.0. The third-order valence-corrected chi connectivity index (χ3v) is 7.70. The number of fused-ring (bicyclic) bond motifs is 2. The fourth-order valence-electron chi connectivity index (χ4n) is 3.57. The predicted molar refractivity (Wildman–Crippen MR) is 134 cm³/mol. The van der Waals surface area contributed by atoms with Gasteiger partial charge in [0.05, 0.1) is 55.3 Å². The normalized spacial score (nSPS) is 13.0. The average Bonchev–Trinajstić information content (AvgIpc) is 3.27.